The van der Waals surface area contributed by atoms with E-state index in [0.717, 1.165) is 12.1 Å². The number of hydrogen-bond donors (Lipinski definition) is 1. The van der Waals surface area contributed by atoms with Crippen molar-refractivity contribution >= 4 is 17.7 Å². The molecule has 0 aliphatic rings. The second-order valence-electron chi connectivity index (χ2n) is 5.92. The Morgan fingerprint density at radius 3 is 2.22 bits per heavy atom. The van der Waals surface area contributed by atoms with Crippen LogP contribution >= 0.6 is 0 Å². The highest BCUT2D eigenvalue weighted by Gasteiger charge is 2.28. The Balaban J connectivity index is 2.21. The fourth-order valence-corrected chi connectivity index (χ4v) is 2.66. The van der Waals surface area contributed by atoms with Gasteiger partial charge in [0.1, 0.15) is 11.6 Å². The first kappa shape index (κ1) is 20.3. The molecule has 0 radical (unpaired) electrons. The number of nitrogens with one attached hydrogen (secondary N) is 1. The number of halogens is 2. The van der Waals surface area contributed by atoms with E-state index in [2.05, 4.69) is 4.98 Å². The quantitative estimate of drug-likeness (QED) is 0.613. The smallest absolute Gasteiger partial charge is 0.340 e. The second-order valence-corrected chi connectivity index (χ2v) is 5.92. The van der Waals surface area contributed by atoms with Crippen molar-refractivity contribution in [3.63, 3.8) is 0 Å². The van der Waals surface area contributed by atoms with Crippen molar-refractivity contribution in [2.45, 2.75) is 33.8 Å². The number of carbonyl (C=O) groups excluding carboxylic acids is 3. The molecule has 27 heavy (non-hydrogen) atoms. The van der Waals surface area contributed by atoms with Crippen molar-refractivity contribution in [1.29, 1.82) is 0 Å². The number of aryl methyl sites for hydroxylation is 1. The molecule has 144 valence electrons. The highest BCUT2D eigenvalue weighted by molar-refractivity contribution is 6.04. The van der Waals surface area contributed by atoms with Crippen molar-refractivity contribution < 1.29 is 32.6 Å². The Morgan fingerprint density at radius 1 is 1.07 bits per heavy atom. The lowest BCUT2D eigenvalue weighted by molar-refractivity contribution is 0.0315. The van der Waals surface area contributed by atoms with E-state index >= 15 is 0 Å². The second kappa shape index (κ2) is 8.11. The number of Topliss-reactive ketones (excluding diaryl/α,β-unsaturated/α-hetero) is 1. The molecule has 0 unspecified atom stereocenters. The van der Waals surface area contributed by atoms with Gasteiger partial charge < -0.3 is 14.5 Å². The number of rotatable bonds is 6. The zero-order chi connectivity index (χ0) is 20.3. The van der Waals surface area contributed by atoms with E-state index in [-0.39, 0.29) is 23.4 Å². The van der Waals surface area contributed by atoms with Gasteiger partial charge in [-0.15, -0.1) is 0 Å². The first-order valence-electron chi connectivity index (χ1n) is 8.23. The van der Waals surface area contributed by atoms with E-state index in [9.17, 15) is 23.2 Å². The van der Waals surface area contributed by atoms with Gasteiger partial charge in [0, 0.05) is 11.8 Å². The van der Waals surface area contributed by atoms with E-state index in [1.54, 1.807) is 20.8 Å². The predicted octanol–water partition coefficient (Wildman–Crippen LogP) is 3.51. The number of ketones is 1. The number of ether oxygens (including phenoxy) is 2. The molecule has 1 atom stereocenters. The van der Waals surface area contributed by atoms with Crippen LogP contribution < -0.4 is 0 Å². The van der Waals surface area contributed by atoms with Gasteiger partial charge in [0.25, 0.3) is 0 Å². The van der Waals surface area contributed by atoms with Crippen LogP contribution in [0.15, 0.2) is 18.2 Å². The zero-order valence-corrected chi connectivity index (χ0v) is 15.3. The number of esters is 2. The topological polar surface area (TPSA) is 85.5 Å². The van der Waals surface area contributed by atoms with Crippen LogP contribution in [-0.2, 0) is 9.47 Å². The summed E-state index contributed by atoms with van der Waals surface area (Å²) in [6, 6.07) is 2.24. The Bertz CT molecular complexity index is 883. The van der Waals surface area contributed by atoms with Crippen LogP contribution in [0.4, 0.5) is 8.78 Å². The fraction of sp³-hybridized carbons (Fsp3) is 0.316. The third-order valence-electron chi connectivity index (χ3n) is 3.91. The third kappa shape index (κ3) is 4.39. The molecule has 0 bridgehead atoms. The van der Waals surface area contributed by atoms with Crippen LogP contribution in [0.3, 0.4) is 0 Å². The lowest BCUT2D eigenvalue weighted by Crippen LogP contribution is -2.25. The molecular weight excluding hydrogens is 360 g/mol. The number of hydrogen-bond acceptors (Lipinski definition) is 5. The summed E-state index contributed by atoms with van der Waals surface area (Å²) in [5, 5.41) is 0. The normalized spacial score (nSPS) is 11.8. The summed E-state index contributed by atoms with van der Waals surface area (Å²) in [6.07, 6.45) is -1.24. The molecule has 1 N–H and O–H groups in total. The fourth-order valence-electron chi connectivity index (χ4n) is 2.66. The molecule has 0 aliphatic carbocycles. The van der Waals surface area contributed by atoms with Gasteiger partial charge in [-0.1, -0.05) is 0 Å². The minimum Gasteiger partial charge on any atom is -0.462 e. The predicted molar refractivity (Wildman–Crippen MR) is 91.8 cm³/mol. The zero-order valence-electron chi connectivity index (χ0n) is 15.3. The SMILES string of the molecule is CCOC(=O)c1c(C)[nH]c(C(=O)[C@@H](C)OC(=O)c2cc(F)cc(F)c2)c1C. The van der Waals surface area contributed by atoms with Crippen LogP contribution in [0.2, 0.25) is 0 Å². The molecule has 0 amide bonds. The first-order chi connectivity index (χ1) is 12.6. The van der Waals surface area contributed by atoms with Crippen LogP contribution in [-0.4, -0.2) is 35.4 Å². The Hall–Kier alpha value is -3.03. The van der Waals surface area contributed by atoms with Crippen molar-refractivity contribution in [2.24, 2.45) is 0 Å². The van der Waals surface area contributed by atoms with Gasteiger partial charge in [-0.2, -0.15) is 0 Å². The Labute approximate surface area is 154 Å². The molecule has 8 heteroatoms. The number of aromatic amines is 1. The Morgan fingerprint density at radius 2 is 1.67 bits per heavy atom. The molecule has 0 aliphatic heterocycles. The van der Waals surface area contributed by atoms with Crippen molar-refractivity contribution in [3.05, 3.63) is 57.9 Å². The van der Waals surface area contributed by atoms with E-state index in [1.807, 2.05) is 0 Å². The highest BCUT2D eigenvalue weighted by Crippen LogP contribution is 2.21. The van der Waals surface area contributed by atoms with Gasteiger partial charge in [-0.05, 0) is 45.4 Å². The molecule has 2 rings (SSSR count). The molecule has 1 aromatic carbocycles. The summed E-state index contributed by atoms with van der Waals surface area (Å²) < 4.78 is 36.4. The molecule has 0 saturated carbocycles. The molecule has 1 aromatic heterocycles. The molecule has 2 aromatic rings. The first-order valence-corrected chi connectivity index (χ1v) is 8.23. The average molecular weight is 379 g/mol. The molecule has 1 heterocycles. The molecule has 0 fully saturated rings. The molecule has 0 saturated heterocycles. The maximum atomic E-state index is 13.2. The largest absolute Gasteiger partial charge is 0.462 e. The molecular formula is C19H19F2NO5. The summed E-state index contributed by atoms with van der Waals surface area (Å²) in [6.45, 7) is 6.36. The number of carbonyl (C=O) groups is 3. The standard InChI is InChI=1S/C19H19F2NO5/c1-5-26-19(25)15-9(2)16(22-10(15)3)17(23)11(4)27-18(24)12-6-13(20)8-14(21)7-12/h6-8,11,22H,5H2,1-4H3/t11-/m1/s1. The summed E-state index contributed by atoms with van der Waals surface area (Å²) in [4.78, 5) is 39.5. The average Bonchev–Trinajstić information content (AvgIpc) is 2.87. The van der Waals surface area contributed by atoms with E-state index < -0.39 is 35.5 Å². The summed E-state index contributed by atoms with van der Waals surface area (Å²) in [7, 11) is 0. The van der Waals surface area contributed by atoms with E-state index in [0.29, 0.717) is 17.3 Å². The van der Waals surface area contributed by atoms with Crippen LogP contribution in [0.25, 0.3) is 0 Å². The van der Waals surface area contributed by atoms with Gasteiger partial charge in [0.05, 0.1) is 23.4 Å². The van der Waals surface area contributed by atoms with Gasteiger partial charge in [0.2, 0.25) is 5.78 Å². The maximum Gasteiger partial charge on any atom is 0.340 e. The highest BCUT2D eigenvalue weighted by atomic mass is 19.1. The number of benzene rings is 1. The maximum absolute atomic E-state index is 13.2. The number of H-pyrrole nitrogens is 1. The van der Waals surface area contributed by atoms with Gasteiger partial charge in [-0.25, -0.2) is 18.4 Å². The van der Waals surface area contributed by atoms with Crippen molar-refractivity contribution in [2.75, 3.05) is 6.61 Å². The lowest BCUT2D eigenvalue weighted by atomic mass is 10.1. The van der Waals surface area contributed by atoms with E-state index in [4.69, 9.17) is 9.47 Å². The monoisotopic (exact) mass is 379 g/mol. The minimum atomic E-state index is -1.24. The lowest BCUT2D eigenvalue weighted by Gasteiger charge is -2.12. The Kier molecular flexibility index (Phi) is 6.09. The van der Waals surface area contributed by atoms with E-state index in [1.165, 1.54) is 6.92 Å². The van der Waals surface area contributed by atoms with Gasteiger partial charge in [0.15, 0.2) is 6.10 Å². The van der Waals surface area contributed by atoms with Gasteiger partial charge in [-0.3, -0.25) is 4.79 Å². The molecule has 6 nitrogen and oxygen atoms in total. The van der Waals surface area contributed by atoms with Crippen LogP contribution in [0, 0.1) is 25.5 Å². The third-order valence-corrected chi connectivity index (χ3v) is 3.91. The summed E-state index contributed by atoms with van der Waals surface area (Å²) in [5.41, 5.74) is 0.807. The van der Waals surface area contributed by atoms with Crippen molar-refractivity contribution in [3.8, 4) is 0 Å². The summed E-state index contributed by atoms with van der Waals surface area (Å²) in [5.74, 6) is -4.06. The number of aromatic nitrogens is 1. The summed E-state index contributed by atoms with van der Waals surface area (Å²) >= 11 is 0. The molecule has 0 spiro atoms. The van der Waals surface area contributed by atoms with Gasteiger partial charge >= 0.3 is 11.9 Å². The van der Waals surface area contributed by atoms with Crippen LogP contribution in [0.1, 0.15) is 56.3 Å². The van der Waals surface area contributed by atoms with Crippen LogP contribution in [0.5, 0.6) is 0 Å². The minimum absolute atomic E-state index is 0.0984. The van der Waals surface area contributed by atoms with Crippen molar-refractivity contribution in [1.82, 2.24) is 4.98 Å².